The van der Waals surface area contributed by atoms with Gasteiger partial charge in [-0.15, -0.1) is 0 Å². The van der Waals surface area contributed by atoms with E-state index in [0.29, 0.717) is 24.2 Å². The van der Waals surface area contributed by atoms with Crippen LogP contribution in [0.5, 0.6) is 0 Å². The van der Waals surface area contributed by atoms with Gasteiger partial charge in [0.2, 0.25) is 0 Å². The van der Waals surface area contributed by atoms with Crippen LogP contribution in [0.15, 0.2) is 0 Å². The van der Waals surface area contributed by atoms with Crippen molar-refractivity contribution in [1.82, 2.24) is 0 Å². The third kappa shape index (κ3) is 1.40. The van der Waals surface area contributed by atoms with Gasteiger partial charge in [0, 0.05) is 11.8 Å². The summed E-state index contributed by atoms with van der Waals surface area (Å²) in [6.07, 6.45) is 2.51. The SMILES string of the molecule is CC(C)C1[C@@H]2CC[C@@]1(CC(=O)O)C(=O)C2. The Morgan fingerprint density at radius 1 is 1.60 bits per heavy atom. The van der Waals surface area contributed by atoms with Crippen molar-refractivity contribution >= 4 is 11.8 Å². The Balaban J connectivity index is 2.32. The Hall–Kier alpha value is -0.860. The minimum Gasteiger partial charge on any atom is -0.481 e. The largest absolute Gasteiger partial charge is 0.481 e. The molecule has 0 amide bonds. The smallest absolute Gasteiger partial charge is 0.304 e. The van der Waals surface area contributed by atoms with Gasteiger partial charge in [0.05, 0.1) is 6.42 Å². The number of ketones is 1. The zero-order chi connectivity index (χ0) is 11.2. The minimum absolute atomic E-state index is 0.0468. The fourth-order valence-electron chi connectivity index (χ4n) is 3.99. The number of carbonyl (C=O) groups is 2. The Bertz CT molecular complexity index is 308. The van der Waals surface area contributed by atoms with Gasteiger partial charge in [-0.25, -0.2) is 0 Å². The van der Waals surface area contributed by atoms with E-state index in [1.54, 1.807) is 0 Å². The van der Waals surface area contributed by atoms with Gasteiger partial charge in [-0.1, -0.05) is 13.8 Å². The molecule has 1 N–H and O–H groups in total. The van der Waals surface area contributed by atoms with E-state index in [1.165, 1.54) is 0 Å². The number of carboxylic acids is 1. The Morgan fingerprint density at radius 3 is 2.73 bits per heavy atom. The number of carbonyl (C=O) groups excluding carboxylic acids is 1. The molecule has 2 saturated carbocycles. The first kappa shape index (κ1) is 10.7. The molecule has 2 bridgehead atoms. The topological polar surface area (TPSA) is 54.4 Å². The standard InChI is InChI=1S/C12H18O3/c1-7(2)11-8-3-4-12(11,6-10(14)15)9(13)5-8/h7-8,11H,3-6H2,1-2H3,(H,14,15)/t8-,11?,12-/m1/s1. The molecule has 2 aliphatic carbocycles. The van der Waals surface area contributed by atoms with Crippen molar-refractivity contribution in [2.45, 2.75) is 39.5 Å². The Kier molecular flexibility index (Phi) is 2.36. The summed E-state index contributed by atoms with van der Waals surface area (Å²) >= 11 is 0. The maximum absolute atomic E-state index is 11.9. The predicted molar refractivity (Wildman–Crippen MR) is 55.4 cm³/mol. The predicted octanol–water partition coefficient (Wildman–Crippen LogP) is 2.10. The highest BCUT2D eigenvalue weighted by Crippen LogP contribution is 2.60. The molecule has 2 rings (SSSR count). The zero-order valence-electron chi connectivity index (χ0n) is 9.32. The van der Waals surface area contributed by atoms with E-state index in [-0.39, 0.29) is 12.2 Å². The maximum atomic E-state index is 11.9. The fraction of sp³-hybridized carbons (Fsp3) is 0.833. The summed E-state index contributed by atoms with van der Waals surface area (Å²) in [7, 11) is 0. The highest BCUT2D eigenvalue weighted by atomic mass is 16.4. The molecular weight excluding hydrogens is 192 g/mol. The second-order valence-electron chi connectivity index (χ2n) is 5.42. The van der Waals surface area contributed by atoms with Gasteiger partial charge in [0.15, 0.2) is 0 Å². The van der Waals surface area contributed by atoms with E-state index in [0.717, 1.165) is 12.8 Å². The van der Waals surface area contributed by atoms with Crippen LogP contribution >= 0.6 is 0 Å². The van der Waals surface area contributed by atoms with E-state index in [1.807, 2.05) is 0 Å². The first-order valence-electron chi connectivity index (χ1n) is 5.72. The summed E-state index contributed by atoms with van der Waals surface area (Å²) in [4.78, 5) is 22.8. The van der Waals surface area contributed by atoms with Crippen LogP contribution in [0.4, 0.5) is 0 Å². The number of aliphatic carboxylic acids is 1. The summed E-state index contributed by atoms with van der Waals surface area (Å²) in [5, 5.41) is 8.95. The molecule has 0 aromatic carbocycles. The fourth-order valence-corrected chi connectivity index (χ4v) is 3.99. The van der Waals surface area contributed by atoms with E-state index < -0.39 is 11.4 Å². The average Bonchev–Trinajstić information content (AvgIpc) is 2.54. The number of rotatable bonds is 3. The van der Waals surface area contributed by atoms with Crippen LogP contribution in [0.3, 0.4) is 0 Å². The molecule has 0 aliphatic heterocycles. The van der Waals surface area contributed by atoms with Crippen LogP contribution in [-0.4, -0.2) is 16.9 Å². The van der Waals surface area contributed by atoms with Crippen molar-refractivity contribution in [3.8, 4) is 0 Å². The van der Waals surface area contributed by atoms with Gasteiger partial charge in [-0.3, -0.25) is 9.59 Å². The molecule has 84 valence electrons. The number of Topliss-reactive ketones (excluding diaryl/α,β-unsaturated/α-hetero) is 1. The van der Waals surface area contributed by atoms with Gasteiger partial charge < -0.3 is 5.11 Å². The van der Waals surface area contributed by atoms with Crippen molar-refractivity contribution in [2.24, 2.45) is 23.2 Å². The highest BCUT2D eigenvalue weighted by molar-refractivity contribution is 5.92. The van der Waals surface area contributed by atoms with Crippen molar-refractivity contribution in [1.29, 1.82) is 0 Å². The normalized spacial score (nSPS) is 39.0. The molecular formula is C12H18O3. The number of hydrogen-bond donors (Lipinski definition) is 1. The van der Waals surface area contributed by atoms with Crippen LogP contribution in [-0.2, 0) is 9.59 Å². The second-order valence-corrected chi connectivity index (χ2v) is 5.42. The molecule has 0 spiro atoms. The lowest BCUT2D eigenvalue weighted by Crippen LogP contribution is -2.35. The first-order chi connectivity index (χ1) is 6.97. The lowest BCUT2D eigenvalue weighted by molar-refractivity contribution is -0.145. The van der Waals surface area contributed by atoms with E-state index in [9.17, 15) is 9.59 Å². The molecule has 0 heterocycles. The lowest BCUT2D eigenvalue weighted by atomic mass is 9.71. The van der Waals surface area contributed by atoms with Crippen LogP contribution in [0.1, 0.15) is 39.5 Å². The van der Waals surface area contributed by atoms with Crippen LogP contribution < -0.4 is 0 Å². The van der Waals surface area contributed by atoms with Crippen molar-refractivity contribution in [2.75, 3.05) is 0 Å². The zero-order valence-corrected chi connectivity index (χ0v) is 9.32. The van der Waals surface area contributed by atoms with Gasteiger partial charge >= 0.3 is 5.97 Å². The molecule has 0 aromatic heterocycles. The van der Waals surface area contributed by atoms with Gasteiger partial charge in [-0.2, -0.15) is 0 Å². The molecule has 0 saturated heterocycles. The number of hydrogen-bond acceptors (Lipinski definition) is 2. The van der Waals surface area contributed by atoms with E-state index in [2.05, 4.69) is 13.8 Å². The lowest BCUT2D eigenvalue weighted by Gasteiger charge is -2.31. The summed E-state index contributed by atoms with van der Waals surface area (Å²) < 4.78 is 0. The maximum Gasteiger partial charge on any atom is 0.304 e. The van der Waals surface area contributed by atoms with Crippen molar-refractivity contribution in [3.63, 3.8) is 0 Å². The molecule has 3 nitrogen and oxygen atoms in total. The summed E-state index contributed by atoms with van der Waals surface area (Å²) in [6.45, 7) is 4.22. The number of carboxylic acid groups (broad SMARTS) is 1. The summed E-state index contributed by atoms with van der Waals surface area (Å²) in [5.41, 5.74) is -0.509. The molecule has 2 fully saturated rings. The van der Waals surface area contributed by atoms with Gasteiger partial charge in [-0.05, 0) is 30.6 Å². The number of fused-ring (bicyclic) bond motifs is 2. The molecule has 15 heavy (non-hydrogen) atoms. The van der Waals surface area contributed by atoms with Gasteiger partial charge in [0.1, 0.15) is 5.78 Å². The molecule has 1 unspecified atom stereocenters. The quantitative estimate of drug-likeness (QED) is 0.776. The first-order valence-corrected chi connectivity index (χ1v) is 5.72. The van der Waals surface area contributed by atoms with Crippen LogP contribution in [0.2, 0.25) is 0 Å². The van der Waals surface area contributed by atoms with Crippen LogP contribution in [0.25, 0.3) is 0 Å². The van der Waals surface area contributed by atoms with E-state index >= 15 is 0 Å². The van der Waals surface area contributed by atoms with Crippen molar-refractivity contribution in [3.05, 3.63) is 0 Å². The van der Waals surface area contributed by atoms with E-state index in [4.69, 9.17) is 5.11 Å². The highest BCUT2D eigenvalue weighted by Gasteiger charge is 2.60. The van der Waals surface area contributed by atoms with Gasteiger partial charge in [0.25, 0.3) is 0 Å². The van der Waals surface area contributed by atoms with Crippen molar-refractivity contribution < 1.29 is 14.7 Å². The summed E-state index contributed by atoms with van der Waals surface area (Å²) in [5.74, 6) is 0.567. The minimum atomic E-state index is -0.823. The molecule has 0 radical (unpaired) electrons. The molecule has 0 aromatic rings. The third-order valence-corrected chi connectivity index (χ3v) is 4.30. The monoisotopic (exact) mass is 210 g/mol. The molecule has 3 heteroatoms. The average molecular weight is 210 g/mol. The summed E-state index contributed by atoms with van der Waals surface area (Å²) in [6, 6.07) is 0. The molecule has 2 aliphatic rings. The second kappa shape index (κ2) is 3.32. The molecule has 3 atom stereocenters. The Labute approximate surface area is 89.9 Å². The van der Waals surface area contributed by atoms with Crippen LogP contribution in [0, 0.1) is 23.2 Å². The Morgan fingerprint density at radius 2 is 2.27 bits per heavy atom. The third-order valence-electron chi connectivity index (χ3n) is 4.30.